The molecule has 0 bridgehead atoms. The third-order valence-electron chi connectivity index (χ3n) is 4.74. The summed E-state index contributed by atoms with van der Waals surface area (Å²) in [6.45, 7) is 8.99. The summed E-state index contributed by atoms with van der Waals surface area (Å²) in [6.07, 6.45) is 0.932. The molecule has 1 atom stereocenters. The fourth-order valence-corrected chi connectivity index (χ4v) is 5.18. The van der Waals surface area contributed by atoms with E-state index in [0.717, 1.165) is 11.1 Å². The zero-order chi connectivity index (χ0) is 22.1. The minimum Gasteiger partial charge on any atom is -0.382 e. The van der Waals surface area contributed by atoms with Gasteiger partial charge in [-0.05, 0) is 57.2 Å². The van der Waals surface area contributed by atoms with Crippen LogP contribution in [-0.4, -0.2) is 40.1 Å². The van der Waals surface area contributed by atoms with Crippen LogP contribution in [-0.2, 0) is 26.0 Å². The van der Waals surface area contributed by atoms with Gasteiger partial charge in [-0.3, -0.25) is 4.79 Å². The Kier molecular flexibility index (Phi) is 9.02. The molecule has 0 saturated carbocycles. The molecule has 0 aliphatic heterocycles. The minimum atomic E-state index is -3.88. The second-order valence-corrected chi connectivity index (χ2v) is 9.08. The molecule has 1 amide bonds. The number of rotatable bonds is 11. The van der Waals surface area contributed by atoms with E-state index in [1.165, 1.54) is 0 Å². The van der Waals surface area contributed by atoms with Crippen molar-refractivity contribution in [1.82, 2.24) is 10.0 Å². The van der Waals surface area contributed by atoms with Crippen LogP contribution in [0.1, 0.15) is 35.6 Å². The van der Waals surface area contributed by atoms with Crippen LogP contribution in [0.25, 0.3) is 0 Å². The summed E-state index contributed by atoms with van der Waals surface area (Å²) in [5, 5.41) is 2.83. The van der Waals surface area contributed by atoms with Gasteiger partial charge in [0, 0.05) is 19.8 Å². The van der Waals surface area contributed by atoms with Gasteiger partial charge in [-0.1, -0.05) is 48.0 Å². The first-order valence-corrected chi connectivity index (χ1v) is 11.7. The molecule has 0 fully saturated rings. The van der Waals surface area contributed by atoms with Gasteiger partial charge in [-0.2, -0.15) is 4.72 Å². The van der Waals surface area contributed by atoms with Crippen molar-refractivity contribution in [2.45, 2.75) is 51.5 Å². The number of hydrogen-bond acceptors (Lipinski definition) is 4. The van der Waals surface area contributed by atoms with E-state index >= 15 is 0 Å². The highest BCUT2D eigenvalue weighted by molar-refractivity contribution is 7.89. The summed E-state index contributed by atoms with van der Waals surface area (Å²) in [5.74, 6) is -0.346. The molecule has 0 spiro atoms. The van der Waals surface area contributed by atoms with Crippen molar-refractivity contribution in [3.63, 3.8) is 0 Å². The lowest BCUT2D eigenvalue weighted by Gasteiger charge is -2.20. The van der Waals surface area contributed by atoms with Gasteiger partial charge < -0.3 is 10.1 Å². The van der Waals surface area contributed by atoms with Crippen LogP contribution in [0, 0.1) is 20.8 Å². The molecule has 30 heavy (non-hydrogen) atoms. The maximum absolute atomic E-state index is 13.2. The van der Waals surface area contributed by atoms with Crippen molar-refractivity contribution < 1.29 is 17.9 Å². The Balaban J connectivity index is 2.22. The third-order valence-corrected chi connectivity index (χ3v) is 6.51. The molecule has 0 unspecified atom stereocenters. The van der Waals surface area contributed by atoms with Crippen molar-refractivity contribution in [1.29, 1.82) is 0 Å². The zero-order valence-electron chi connectivity index (χ0n) is 18.2. The molecular weight excluding hydrogens is 400 g/mol. The number of amides is 1. The molecule has 2 aromatic carbocycles. The number of aryl methyl sites for hydroxylation is 3. The first kappa shape index (κ1) is 24.1. The van der Waals surface area contributed by atoms with Crippen LogP contribution >= 0.6 is 0 Å². The van der Waals surface area contributed by atoms with Crippen LogP contribution in [0.4, 0.5) is 0 Å². The Hall–Kier alpha value is -2.22. The monoisotopic (exact) mass is 432 g/mol. The Morgan fingerprint density at radius 2 is 1.70 bits per heavy atom. The highest BCUT2D eigenvalue weighted by atomic mass is 32.2. The number of nitrogens with one attached hydrogen (secondary N) is 2. The Morgan fingerprint density at radius 3 is 2.30 bits per heavy atom. The molecule has 0 aromatic heterocycles. The Bertz CT molecular complexity index is 920. The zero-order valence-corrected chi connectivity index (χ0v) is 19.0. The molecule has 164 valence electrons. The van der Waals surface area contributed by atoms with E-state index in [1.807, 2.05) is 56.3 Å². The van der Waals surface area contributed by atoms with E-state index in [9.17, 15) is 13.2 Å². The maximum Gasteiger partial charge on any atom is 0.241 e. The number of carbonyl (C=O) groups is 1. The van der Waals surface area contributed by atoms with Gasteiger partial charge in [0.2, 0.25) is 15.9 Å². The van der Waals surface area contributed by atoms with Gasteiger partial charge in [0.15, 0.2) is 0 Å². The van der Waals surface area contributed by atoms with Crippen LogP contribution < -0.4 is 10.0 Å². The summed E-state index contributed by atoms with van der Waals surface area (Å²) in [4.78, 5) is 13.1. The molecule has 0 aliphatic rings. The maximum atomic E-state index is 13.2. The van der Waals surface area contributed by atoms with Gasteiger partial charge >= 0.3 is 0 Å². The summed E-state index contributed by atoms with van der Waals surface area (Å²) in [6, 6.07) is 12.1. The molecule has 0 radical (unpaired) electrons. The van der Waals surface area contributed by atoms with Crippen molar-refractivity contribution >= 4 is 15.9 Å². The highest BCUT2D eigenvalue weighted by Crippen LogP contribution is 2.22. The van der Waals surface area contributed by atoms with Crippen LogP contribution in [0.2, 0.25) is 0 Å². The minimum absolute atomic E-state index is 0.232. The van der Waals surface area contributed by atoms with E-state index in [1.54, 1.807) is 13.8 Å². The lowest BCUT2D eigenvalue weighted by Crippen LogP contribution is -2.48. The van der Waals surface area contributed by atoms with E-state index in [4.69, 9.17) is 4.74 Å². The van der Waals surface area contributed by atoms with E-state index in [-0.39, 0.29) is 17.2 Å². The average molecular weight is 433 g/mol. The van der Waals surface area contributed by atoms with Crippen molar-refractivity contribution in [3.8, 4) is 0 Å². The standard InChI is InChI=1S/C23H32N2O4S/c1-5-29-13-9-12-24-23(26)21(16-20-10-7-6-8-11-20)25-30(27,28)22-18(3)14-17(2)15-19(22)4/h6-8,10-11,14-15,21,25H,5,9,12-13,16H2,1-4H3,(H,24,26)/t21-/m1/s1. The topological polar surface area (TPSA) is 84.5 Å². The van der Waals surface area contributed by atoms with Crippen molar-refractivity contribution in [2.75, 3.05) is 19.8 Å². The van der Waals surface area contributed by atoms with Gasteiger partial charge in [-0.15, -0.1) is 0 Å². The molecule has 2 aromatic rings. The van der Waals surface area contributed by atoms with Gasteiger partial charge in [-0.25, -0.2) is 8.42 Å². The number of sulfonamides is 1. The van der Waals surface area contributed by atoms with Crippen LogP contribution in [0.5, 0.6) is 0 Å². The normalized spacial score (nSPS) is 12.5. The Labute approximate surface area is 180 Å². The van der Waals surface area contributed by atoms with Gasteiger partial charge in [0.25, 0.3) is 0 Å². The largest absolute Gasteiger partial charge is 0.382 e. The van der Waals surface area contributed by atoms with Crippen molar-refractivity contribution in [3.05, 3.63) is 64.7 Å². The number of carbonyl (C=O) groups excluding carboxylic acids is 1. The predicted molar refractivity (Wildman–Crippen MR) is 119 cm³/mol. The quantitative estimate of drug-likeness (QED) is 0.535. The lowest BCUT2D eigenvalue weighted by atomic mass is 10.1. The van der Waals surface area contributed by atoms with Crippen LogP contribution in [0.15, 0.2) is 47.4 Å². The molecule has 2 N–H and O–H groups in total. The Morgan fingerprint density at radius 1 is 1.07 bits per heavy atom. The fourth-order valence-electron chi connectivity index (χ4n) is 3.53. The van der Waals surface area contributed by atoms with Gasteiger partial charge in [0.05, 0.1) is 4.90 Å². The number of ether oxygens (including phenoxy) is 1. The summed E-state index contributed by atoms with van der Waals surface area (Å²) in [7, 11) is -3.88. The first-order valence-electron chi connectivity index (χ1n) is 10.2. The summed E-state index contributed by atoms with van der Waals surface area (Å²) < 4.78 is 34.3. The van der Waals surface area contributed by atoms with E-state index in [2.05, 4.69) is 10.0 Å². The smallest absolute Gasteiger partial charge is 0.241 e. The predicted octanol–water partition coefficient (Wildman–Crippen LogP) is 3.04. The average Bonchev–Trinajstić information content (AvgIpc) is 2.66. The molecule has 6 nitrogen and oxygen atoms in total. The van der Waals surface area contributed by atoms with E-state index < -0.39 is 16.1 Å². The fraction of sp³-hybridized carbons (Fsp3) is 0.435. The molecule has 0 aliphatic carbocycles. The summed E-state index contributed by atoms with van der Waals surface area (Å²) >= 11 is 0. The SMILES string of the molecule is CCOCCCNC(=O)[C@@H](Cc1ccccc1)NS(=O)(=O)c1c(C)cc(C)cc1C. The first-order chi connectivity index (χ1) is 14.2. The molecule has 2 rings (SSSR count). The van der Waals surface area contributed by atoms with Gasteiger partial charge in [0.1, 0.15) is 6.04 Å². The van der Waals surface area contributed by atoms with Crippen LogP contribution in [0.3, 0.4) is 0 Å². The summed E-state index contributed by atoms with van der Waals surface area (Å²) in [5.41, 5.74) is 3.20. The highest BCUT2D eigenvalue weighted by Gasteiger charge is 2.28. The second-order valence-electron chi connectivity index (χ2n) is 7.43. The third kappa shape index (κ3) is 6.93. The molecule has 0 saturated heterocycles. The lowest BCUT2D eigenvalue weighted by molar-refractivity contribution is -0.122. The second kappa shape index (κ2) is 11.2. The number of benzene rings is 2. The molecular formula is C23H32N2O4S. The van der Waals surface area contributed by atoms with E-state index in [0.29, 0.717) is 37.3 Å². The van der Waals surface area contributed by atoms with Crippen molar-refractivity contribution in [2.24, 2.45) is 0 Å². The molecule has 0 heterocycles. The molecule has 7 heteroatoms. The number of hydrogen-bond donors (Lipinski definition) is 2.